The summed E-state index contributed by atoms with van der Waals surface area (Å²) in [5.41, 5.74) is 1.17. The third-order valence-electron chi connectivity index (χ3n) is 2.18. The minimum Gasteiger partial charge on any atom is -0.322 e. The van der Waals surface area contributed by atoms with Gasteiger partial charge in [-0.1, -0.05) is 27.7 Å². The van der Waals surface area contributed by atoms with Gasteiger partial charge in [-0.2, -0.15) is 0 Å². The van der Waals surface area contributed by atoms with E-state index < -0.39 is 0 Å². The van der Waals surface area contributed by atoms with Gasteiger partial charge in [0.15, 0.2) is 5.16 Å². The summed E-state index contributed by atoms with van der Waals surface area (Å²) >= 11 is 4.77. The second-order valence-electron chi connectivity index (χ2n) is 3.42. The van der Waals surface area contributed by atoms with E-state index in [9.17, 15) is 4.79 Å². The Kier molecular flexibility index (Phi) is 4.33. The maximum atomic E-state index is 11.9. The molecule has 0 fully saturated rings. The first-order valence-corrected chi connectivity index (χ1v) is 7.14. The standard InChI is InChI=1S/C12H10BrN3OS/c1-18-12-14-6-8(7-15-12)11(17)16-10-4-2-9(13)3-5-10/h2-7H,1H3,(H,16,17). The minimum atomic E-state index is -0.218. The number of rotatable bonds is 3. The molecule has 0 saturated carbocycles. The molecule has 0 spiro atoms. The van der Waals surface area contributed by atoms with Crippen LogP contribution in [-0.4, -0.2) is 22.1 Å². The lowest BCUT2D eigenvalue weighted by molar-refractivity contribution is 0.102. The molecule has 0 saturated heterocycles. The van der Waals surface area contributed by atoms with E-state index in [4.69, 9.17) is 0 Å². The van der Waals surface area contributed by atoms with Crippen molar-refractivity contribution in [3.63, 3.8) is 0 Å². The number of carbonyl (C=O) groups is 1. The van der Waals surface area contributed by atoms with E-state index in [2.05, 4.69) is 31.2 Å². The zero-order chi connectivity index (χ0) is 13.0. The zero-order valence-electron chi connectivity index (χ0n) is 9.55. The van der Waals surface area contributed by atoms with Crippen molar-refractivity contribution in [1.82, 2.24) is 9.97 Å². The molecule has 0 bridgehead atoms. The smallest absolute Gasteiger partial charge is 0.258 e. The molecule has 0 aliphatic heterocycles. The van der Waals surface area contributed by atoms with Crippen LogP contribution < -0.4 is 5.32 Å². The van der Waals surface area contributed by atoms with E-state index in [0.29, 0.717) is 10.7 Å². The van der Waals surface area contributed by atoms with Crippen LogP contribution in [0.5, 0.6) is 0 Å². The molecule has 0 aliphatic carbocycles. The Morgan fingerprint density at radius 2 is 1.83 bits per heavy atom. The summed E-state index contributed by atoms with van der Waals surface area (Å²) in [7, 11) is 0. The van der Waals surface area contributed by atoms with Crippen LogP contribution in [0.1, 0.15) is 10.4 Å². The van der Waals surface area contributed by atoms with Gasteiger partial charge in [-0.15, -0.1) is 0 Å². The normalized spacial score (nSPS) is 10.1. The van der Waals surface area contributed by atoms with Crippen LogP contribution in [0.4, 0.5) is 5.69 Å². The zero-order valence-corrected chi connectivity index (χ0v) is 12.0. The largest absolute Gasteiger partial charge is 0.322 e. The summed E-state index contributed by atoms with van der Waals surface area (Å²) in [6, 6.07) is 7.37. The molecule has 1 aromatic heterocycles. The van der Waals surface area contributed by atoms with E-state index in [-0.39, 0.29) is 5.91 Å². The van der Waals surface area contributed by atoms with Crippen molar-refractivity contribution in [2.45, 2.75) is 5.16 Å². The Balaban J connectivity index is 2.09. The summed E-state index contributed by atoms with van der Waals surface area (Å²) in [6.45, 7) is 0. The van der Waals surface area contributed by atoms with Crippen LogP contribution in [-0.2, 0) is 0 Å². The first-order chi connectivity index (χ1) is 8.69. The number of halogens is 1. The number of nitrogens with one attached hydrogen (secondary N) is 1. The van der Waals surface area contributed by atoms with Gasteiger partial charge in [0, 0.05) is 22.6 Å². The van der Waals surface area contributed by atoms with Crippen LogP contribution in [0.2, 0.25) is 0 Å². The third-order valence-corrected chi connectivity index (χ3v) is 3.28. The van der Waals surface area contributed by atoms with Crippen LogP contribution in [0.3, 0.4) is 0 Å². The molecule has 6 heteroatoms. The van der Waals surface area contributed by atoms with Crippen molar-refractivity contribution in [2.75, 3.05) is 11.6 Å². The Morgan fingerprint density at radius 3 is 2.39 bits per heavy atom. The Labute approximate surface area is 117 Å². The van der Waals surface area contributed by atoms with E-state index in [1.54, 1.807) is 0 Å². The molecule has 92 valence electrons. The molecule has 18 heavy (non-hydrogen) atoms. The highest BCUT2D eigenvalue weighted by Crippen LogP contribution is 2.15. The van der Waals surface area contributed by atoms with Gasteiger partial charge in [-0.05, 0) is 30.5 Å². The van der Waals surface area contributed by atoms with Gasteiger partial charge in [0.05, 0.1) is 5.56 Å². The molecular formula is C12H10BrN3OS. The molecule has 1 amide bonds. The summed E-state index contributed by atoms with van der Waals surface area (Å²) in [6.07, 6.45) is 4.93. The van der Waals surface area contributed by atoms with E-state index in [0.717, 1.165) is 10.2 Å². The van der Waals surface area contributed by atoms with Gasteiger partial charge >= 0.3 is 0 Å². The van der Waals surface area contributed by atoms with Gasteiger partial charge in [0.1, 0.15) is 0 Å². The fraction of sp³-hybridized carbons (Fsp3) is 0.0833. The number of carbonyl (C=O) groups excluding carboxylic acids is 1. The molecule has 2 aromatic rings. The maximum Gasteiger partial charge on any atom is 0.258 e. The average molecular weight is 324 g/mol. The van der Waals surface area contributed by atoms with E-state index >= 15 is 0 Å². The monoisotopic (exact) mass is 323 g/mol. The highest BCUT2D eigenvalue weighted by atomic mass is 79.9. The Hall–Kier alpha value is -1.40. The summed E-state index contributed by atoms with van der Waals surface area (Å²) in [5, 5.41) is 3.42. The molecule has 0 unspecified atom stereocenters. The number of anilines is 1. The summed E-state index contributed by atoms with van der Waals surface area (Å²) < 4.78 is 0.966. The van der Waals surface area contributed by atoms with Crippen LogP contribution in [0, 0.1) is 0 Å². The van der Waals surface area contributed by atoms with Gasteiger partial charge < -0.3 is 5.32 Å². The Morgan fingerprint density at radius 1 is 1.22 bits per heavy atom. The van der Waals surface area contributed by atoms with Crippen LogP contribution in [0.25, 0.3) is 0 Å². The molecular weight excluding hydrogens is 314 g/mol. The van der Waals surface area contributed by atoms with Crippen LogP contribution in [0.15, 0.2) is 46.3 Å². The number of hydrogen-bond acceptors (Lipinski definition) is 4. The molecule has 0 radical (unpaired) electrons. The molecule has 2 rings (SSSR count). The topological polar surface area (TPSA) is 54.9 Å². The minimum absolute atomic E-state index is 0.218. The number of amides is 1. The fourth-order valence-corrected chi connectivity index (χ4v) is 1.86. The summed E-state index contributed by atoms with van der Waals surface area (Å²) in [5.74, 6) is -0.218. The predicted octanol–water partition coefficient (Wildman–Crippen LogP) is 3.21. The quantitative estimate of drug-likeness (QED) is 0.696. The van der Waals surface area contributed by atoms with Gasteiger partial charge in [0.25, 0.3) is 5.91 Å². The van der Waals surface area contributed by atoms with Gasteiger partial charge in [-0.25, -0.2) is 9.97 Å². The Bertz CT molecular complexity index is 542. The van der Waals surface area contributed by atoms with Crippen molar-refractivity contribution >= 4 is 39.3 Å². The predicted molar refractivity (Wildman–Crippen MR) is 75.9 cm³/mol. The molecule has 0 atom stereocenters. The number of hydrogen-bond donors (Lipinski definition) is 1. The second kappa shape index (κ2) is 5.97. The molecule has 1 aromatic carbocycles. The van der Waals surface area contributed by atoms with Crippen molar-refractivity contribution in [3.05, 3.63) is 46.7 Å². The van der Waals surface area contributed by atoms with Crippen molar-refractivity contribution < 1.29 is 4.79 Å². The second-order valence-corrected chi connectivity index (χ2v) is 5.11. The lowest BCUT2D eigenvalue weighted by Crippen LogP contribution is -2.12. The van der Waals surface area contributed by atoms with Gasteiger partial charge in [0.2, 0.25) is 0 Å². The number of aromatic nitrogens is 2. The third kappa shape index (κ3) is 3.30. The first kappa shape index (κ1) is 13.0. The van der Waals surface area contributed by atoms with Crippen molar-refractivity contribution in [3.8, 4) is 0 Å². The fourth-order valence-electron chi connectivity index (χ4n) is 1.28. The van der Waals surface area contributed by atoms with Crippen molar-refractivity contribution in [2.24, 2.45) is 0 Å². The molecule has 1 heterocycles. The van der Waals surface area contributed by atoms with Gasteiger partial charge in [-0.3, -0.25) is 4.79 Å². The molecule has 1 N–H and O–H groups in total. The van der Waals surface area contributed by atoms with E-state index in [1.807, 2.05) is 30.5 Å². The SMILES string of the molecule is CSc1ncc(C(=O)Nc2ccc(Br)cc2)cn1. The number of benzene rings is 1. The highest BCUT2D eigenvalue weighted by molar-refractivity contribution is 9.10. The molecule has 0 aliphatic rings. The lowest BCUT2D eigenvalue weighted by Gasteiger charge is -2.05. The average Bonchev–Trinajstić information content (AvgIpc) is 2.41. The lowest BCUT2D eigenvalue weighted by atomic mass is 10.3. The van der Waals surface area contributed by atoms with Crippen molar-refractivity contribution in [1.29, 1.82) is 0 Å². The van der Waals surface area contributed by atoms with E-state index in [1.165, 1.54) is 24.2 Å². The summed E-state index contributed by atoms with van der Waals surface area (Å²) in [4.78, 5) is 20.0. The number of thioether (sulfide) groups is 1. The molecule has 4 nitrogen and oxygen atoms in total. The van der Waals surface area contributed by atoms with Crippen LogP contribution >= 0.6 is 27.7 Å². The highest BCUT2D eigenvalue weighted by Gasteiger charge is 2.07. The number of nitrogens with zero attached hydrogens (tertiary/aromatic N) is 2. The first-order valence-electron chi connectivity index (χ1n) is 5.12. The maximum absolute atomic E-state index is 11.9.